The lowest BCUT2D eigenvalue weighted by atomic mass is 9.87. The molecular weight excluding hydrogens is 280 g/mol. The van der Waals surface area contributed by atoms with Crippen molar-refractivity contribution in [2.75, 3.05) is 30.0 Å². The Hall–Kier alpha value is -0.970. The van der Waals surface area contributed by atoms with Crippen LogP contribution in [0.5, 0.6) is 0 Å². The summed E-state index contributed by atoms with van der Waals surface area (Å²) in [6.45, 7) is 4.13. The minimum absolute atomic E-state index is 0.830. The molecule has 1 heterocycles. The quantitative estimate of drug-likeness (QED) is 0.550. The lowest BCUT2D eigenvalue weighted by molar-refractivity contribution is 0.345. The van der Waals surface area contributed by atoms with Crippen LogP contribution in [-0.2, 0) is 0 Å². The first-order valence-electron chi connectivity index (χ1n) is 8.22. The van der Waals surface area contributed by atoms with Crippen molar-refractivity contribution in [1.29, 1.82) is 0 Å². The minimum Gasteiger partial charge on any atom is -0.370 e. The lowest BCUT2D eigenvalue weighted by Crippen LogP contribution is -2.13. The van der Waals surface area contributed by atoms with Gasteiger partial charge >= 0.3 is 0 Å². The van der Waals surface area contributed by atoms with Crippen LogP contribution in [0, 0.1) is 5.92 Å². The molecule has 0 amide bonds. The highest BCUT2D eigenvalue weighted by Gasteiger charge is 2.13. The molecule has 2 rings (SSSR count). The summed E-state index contributed by atoms with van der Waals surface area (Å²) in [5, 5.41) is 7.65. The standard InChI is InChI=1S/C16H28N4S/c1-3-10-17-14-12-15(20-16(19-14)21-2)18-11-9-13-7-5-4-6-8-13/h12-13H,3-11H2,1-2H3,(H2,17,18,19,20). The van der Waals surface area contributed by atoms with Gasteiger partial charge in [0.1, 0.15) is 11.6 Å². The predicted molar refractivity (Wildman–Crippen MR) is 92.3 cm³/mol. The molecular formula is C16H28N4S. The second kappa shape index (κ2) is 9.13. The van der Waals surface area contributed by atoms with E-state index in [9.17, 15) is 0 Å². The Morgan fingerprint density at radius 2 is 1.76 bits per heavy atom. The van der Waals surface area contributed by atoms with Gasteiger partial charge in [-0.15, -0.1) is 0 Å². The predicted octanol–water partition coefficient (Wildman–Crippen LogP) is 4.40. The van der Waals surface area contributed by atoms with Crippen molar-refractivity contribution in [3.8, 4) is 0 Å². The lowest BCUT2D eigenvalue weighted by Gasteiger charge is -2.21. The van der Waals surface area contributed by atoms with Gasteiger partial charge in [0, 0.05) is 19.2 Å². The van der Waals surface area contributed by atoms with E-state index in [2.05, 4.69) is 27.5 Å². The molecule has 1 aliphatic rings. The van der Waals surface area contributed by atoms with E-state index in [0.29, 0.717) is 0 Å². The van der Waals surface area contributed by atoms with Crippen LogP contribution >= 0.6 is 11.8 Å². The molecule has 2 N–H and O–H groups in total. The van der Waals surface area contributed by atoms with Gasteiger partial charge in [-0.25, -0.2) is 9.97 Å². The molecule has 4 nitrogen and oxygen atoms in total. The van der Waals surface area contributed by atoms with Crippen molar-refractivity contribution in [3.63, 3.8) is 0 Å². The van der Waals surface area contributed by atoms with Crippen molar-refractivity contribution in [1.82, 2.24) is 9.97 Å². The van der Waals surface area contributed by atoms with E-state index in [1.807, 2.05) is 12.3 Å². The zero-order chi connectivity index (χ0) is 14.9. The first-order valence-corrected chi connectivity index (χ1v) is 9.45. The number of nitrogens with zero attached hydrogens (tertiary/aromatic N) is 2. The summed E-state index contributed by atoms with van der Waals surface area (Å²) in [5.41, 5.74) is 0. The van der Waals surface area contributed by atoms with E-state index < -0.39 is 0 Å². The van der Waals surface area contributed by atoms with Gasteiger partial charge in [0.2, 0.25) is 0 Å². The molecule has 1 aromatic heterocycles. The van der Waals surface area contributed by atoms with E-state index in [1.54, 1.807) is 11.8 Å². The maximum absolute atomic E-state index is 4.54. The fourth-order valence-electron chi connectivity index (χ4n) is 2.83. The largest absolute Gasteiger partial charge is 0.370 e. The van der Waals surface area contributed by atoms with Gasteiger partial charge in [0.05, 0.1) is 0 Å². The highest BCUT2D eigenvalue weighted by molar-refractivity contribution is 7.98. The fraction of sp³-hybridized carbons (Fsp3) is 0.750. The first-order chi connectivity index (χ1) is 10.3. The molecule has 1 saturated carbocycles. The highest BCUT2D eigenvalue weighted by Crippen LogP contribution is 2.26. The number of nitrogens with one attached hydrogen (secondary N) is 2. The molecule has 118 valence electrons. The Balaban J connectivity index is 1.85. The Morgan fingerprint density at radius 3 is 2.38 bits per heavy atom. The summed E-state index contributed by atoms with van der Waals surface area (Å²) in [6.07, 6.45) is 11.5. The Morgan fingerprint density at radius 1 is 1.10 bits per heavy atom. The number of anilines is 2. The molecule has 0 unspecified atom stereocenters. The number of aromatic nitrogens is 2. The monoisotopic (exact) mass is 308 g/mol. The maximum atomic E-state index is 4.54. The third kappa shape index (κ3) is 5.73. The van der Waals surface area contributed by atoms with Gasteiger partial charge < -0.3 is 10.6 Å². The summed E-state index contributed by atoms with van der Waals surface area (Å²) in [4.78, 5) is 9.03. The summed E-state index contributed by atoms with van der Waals surface area (Å²) in [5.74, 6) is 2.78. The smallest absolute Gasteiger partial charge is 0.191 e. The molecule has 0 saturated heterocycles. The molecule has 1 aromatic rings. The molecule has 1 fully saturated rings. The first kappa shape index (κ1) is 16.4. The average molecular weight is 308 g/mol. The van der Waals surface area contributed by atoms with Crippen molar-refractivity contribution in [2.24, 2.45) is 5.92 Å². The number of hydrogen-bond donors (Lipinski definition) is 2. The molecule has 0 bridgehead atoms. The van der Waals surface area contributed by atoms with Gasteiger partial charge in [-0.05, 0) is 25.0 Å². The van der Waals surface area contributed by atoms with Crippen LogP contribution in [0.25, 0.3) is 0 Å². The van der Waals surface area contributed by atoms with Crippen LogP contribution in [0.15, 0.2) is 11.2 Å². The van der Waals surface area contributed by atoms with Crippen LogP contribution in [0.4, 0.5) is 11.6 Å². The van der Waals surface area contributed by atoms with Crippen molar-refractivity contribution in [2.45, 2.75) is 57.0 Å². The zero-order valence-corrected chi connectivity index (χ0v) is 14.1. The summed E-state index contributed by atoms with van der Waals surface area (Å²) >= 11 is 1.59. The van der Waals surface area contributed by atoms with Gasteiger partial charge in [0.25, 0.3) is 0 Å². The van der Waals surface area contributed by atoms with Gasteiger partial charge in [-0.2, -0.15) is 0 Å². The van der Waals surface area contributed by atoms with Crippen molar-refractivity contribution < 1.29 is 0 Å². The summed E-state index contributed by atoms with van der Waals surface area (Å²) in [7, 11) is 0. The third-order valence-corrected chi connectivity index (χ3v) is 4.58. The number of thioether (sulfide) groups is 1. The molecule has 21 heavy (non-hydrogen) atoms. The second-order valence-electron chi connectivity index (χ2n) is 5.77. The Kier molecular flexibility index (Phi) is 7.13. The molecule has 1 aliphatic carbocycles. The maximum Gasteiger partial charge on any atom is 0.191 e. The van der Waals surface area contributed by atoms with E-state index in [-0.39, 0.29) is 0 Å². The van der Waals surface area contributed by atoms with Crippen LogP contribution in [0.3, 0.4) is 0 Å². The minimum atomic E-state index is 0.830. The Bertz CT molecular complexity index is 419. The van der Waals surface area contributed by atoms with Crippen molar-refractivity contribution >= 4 is 23.4 Å². The number of hydrogen-bond acceptors (Lipinski definition) is 5. The highest BCUT2D eigenvalue weighted by atomic mass is 32.2. The third-order valence-electron chi connectivity index (χ3n) is 4.03. The topological polar surface area (TPSA) is 49.8 Å². The van der Waals surface area contributed by atoms with E-state index in [1.165, 1.54) is 38.5 Å². The van der Waals surface area contributed by atoms with E-state index in [0.717, 1.165) is 42.2 Å². The normalized spacial score (nSPS) is 15.9. The second-order valence-corrected chi connectivity index (χ2v) is 6.54. The fourth-order valence-corrected chi connectivity index (χ4v) is 3.21. The zero-order valence-electron chi connectivity index (χ0n) is 13.3. The average Bonchev–Trinajstić information content (AvgIpc) is 2.53. The van der Waals surface area contributed by atoms with Gasteiger partial charge in [-0.1, -0.05) is 50.8 Å². The molecule has 0 atom stereocenters. The molecule has 0 radical (unpaired) electrons. The number of rotatable bonds is 8. The van der Waals surface area contributed by atoms with Crippen LogP contribution < -0.4 is 10.6 Å². The molecule has 0 aliphatic heterocycles. The van der Waals surface area contributed by atoms with Gasteiger partial charge in [0.15, 0.2) is 5.16 Å². The summed E-state index contributed by atoms with van der Waals surface area (Å²) in [6, 6.07) is 2.02. The van der Waals surface area contributed by atoms with Crippen LogP contribution in [-0.4, -0.2) is 29.3 Å². The SMILES string of the molecule is CCCNc1cc(NCCC2CCCCC2)nc(SC)n1. The van der Waals surface area contributed by atoms with E-state index in [4.69, 9.17) is 0 Å². The summed E-state index contributed by atoms with van der Waals surface area (Å²) < 4.78 is 0. The van der Waals surface area contributed by atoms with Crippen molar-refractivity contribution in [3.05, 3.63) is 6.07 Å². The Labute approximate surface area is 132 Å². The molecule has 5 heteroatoms. The van der Waals surface area contributed by atoms with Crippen LogP contribution in [0.2, 0.25) is 0 Å². The van der Waals surface area contributed by atoms with Crippen LogP contribution in [0.1, 0.15) is 51.9 Å². The molecule has 0 spiro atoms. The van der Waals surface area contributed by atoms with E-state index >= 15 is 0 Å². The molecule has 0 aromatic carbocycles. The van der Waals surface area contributed by atoms with Gasteiger partial charge in [-0.3, -0.25) is 0 Å².